The Balaban J connectivity index is 1.15. The molecule has 2 aliphatic heterocycles. The molecule has 1 atom stereocenters. The summed E-state index contributed by atoms with van der Waals surface area (Å²) in [5.74, 6) is 2.15. The highest BCUT2D eigenvalue weighted by Crippen LogP contribution is 2.41. The molecule has 0 spiro atoms. The number of fused-ring (bicyclic) bond motifs is 1. The number of rotatable bonds is 11. The number of nitrogens with zero attached hydrogens (tertiary/aromatic N) is 1. The Morgan fingerprint density at radius 2 is 1.62 bits per heavy atom. The van der Waals surface area contributed by atoms with Gasteiger partial charge < -0.3 is 19.9 Å². The molecule has 0 radical (unpaired) electrons. The summed E-state index contributed by atoms with van der Waals surface area (Å²) in [4.78, 5) is 3.71. The average Bonchev–Trinajstić information content (AvgIpc) is 3.73. The number of hydrogen-bond donors (Lipinski definition) is 2. The SMILES string of the molecule is Oc1ccc2c(Cc3ccc(OCCN4CCCC4)cc3)c(-c3ccc(OCCC4CCCN4)cc3)sc2c1. The van der Waals surface area contributed by atoms with E-state index in [0.717, 1.165) is 55.3 Å². The maximum Gasteiger partial charge on any atom is 0.119 e. The zero-order valence-corrected chi connectivity index (χ0v) is 23.3. The van der Waals surface area contributed by atoms with Gasteiger partial charge >= 0.3 is 0 Å². The highest BCUT2D eigenvalue weighted by atomic mass is 32.1. The van der Waals surface area contributed by atoms with Gasteiger partial charge in [-0.1, -0.05) is 12.1 Å². The fraction of sp³-hybridized carbons (Fsp3) is 0.394. The van der Waals surface area contributed by atoms with Crippen molar-refractivity contribution in [3.63, 3.8) is 0 Å². The van der Waals surface area contributed by atoms with Crippen molar-refractivity contribution < 1.29 is 14.6 Å². The smallest absolute Gasteiger partial charge is 0.119 e. The Morgan fingerprint density at radius 3 is 2.36 bits per heavy atom. The first kappa shape index (κ1) is 26.2. The second-order valence-electron chi connectivity index (χ2n) is 10.8. The zero-order valence-electron chi connectivity index (χ0n) is 22.5. The number of hydrogen-bond acceptors (Lipinski definition) is 6. The predicted octanol–water partition coefficient (Wildman–Crippen LogP) is 6.86. The van der Waals surface area contributed by atoms with Crippen LogP contribution in [0, 0.1) is 0 Å². The highest BCUT2D eigenvalue weighted by Gasteiger charge is 2.17. The Bertz CT molecular complexity index is 1350. The molecule has 39 heavy (non-hydrogen) atoms. The summed E-state index contributed by atoms with van der Waals surface area (Å²) in [7, 11) is 0. The van der Waals surface area contributed by atoms with Crippen LogP contribution in [0.5, 0.6) is 17.2 Å². The lowest BCUT2D eigenvalue weighted by molar-refractivity contribution is 0.238. The van der Waals surface area contributed by atoms with Gasteiger partial charge in [0.05, 0.1) is 6.61 Å². The Hall–Kier alpha value is -3.06. The van der Waals surface area contributed by atoms with E-state index in [1.165, 1.54) is 65.7 Å². The molecular formula is C33H38N2O3S. The molecule has 6 rings (SSSR count). The van der Waals surface area contributed by atoms with Crippen LogP contribution in [0.4, 0.5) is 0 Å². The van der Waals surface area contributed by atoms with Gasteiger partial charge in [0.25, 0.3) is 0 Å². The van der Waals surface area contributed by atoms with Crippen LogP contribution in [-0.2, 0) is 6.42 Å². The molecule has 1 unspecified atom stereocenters. The van der Waals surface area contributed by atoms with Crippen molar-refractivity contribution in [1.82, 2.24) is 10.2 Å². The van der Waals surface area contributed by atoms with Gasteiger partial charge in [-0.05, 0) is 135 Å². The third-order valence-corrected chi connectivity index (χ3v) is 9.21. The summed E-state index contributed by atoms with van der Waals surface area (Å²) in [5, 5.41) is 14.9. The maximum atomic E-state index is 10.1. The molecule has 5 nitrogen and oxygen atoms in total. The third kappa shape index (κ3) is 6.57. The first-order valence-electron chi connectivity index (χ1n) is 14.4. The van der Waals surface area contributed by atoms with Crippen molar-refractivity contribution >= 4 is 21.4 Å². The van der Waals surface area contributed by atoms with Crippen LogP contribution in [0.15, 0.2) is 66.7 Å². The molecule has 3 heterocycles. The minimum Gasteiger partial charge on any atom is -0.508 e. The molecule has 2 fully saturated rings. The number of ether oxygens (including phenoxy) is 2. The number of likely N-dealkylation sites (tertiary alicyclic amines) is 1. The van der Waals surface area contributed by atoms with Crippen LogP contribution >= 0.6 is 11.3 Å². The van der Waals surface area contributed by atoms with Crippen molar-refractivity contribution in [3.8, 4) is 27.7 Å². The van der Waals surface area contributed by atoms with Crippen molar-refractivity contribution in [2.24, 2.45) is 0 Å². The topological polar surface area (TPSA) is 54.0 Å². The first-order chi connectivity index (χ1) is 19.2. The molecular weight excluding hydrogens is 504 g/mol. The quantitative estimate of drug-likeness (QED) is 0.217. The van der Waals surface area contributed by atoms with Gasteiger partial charge in [-0.3, -0.25) is 4.90 Å². The number of benzene rings is 3. The van der Waals surface area contributed by atoms with Gasteiger partial charge in [-0.15, -0.1) is 11.3 Å². The van der Waals surface area contributed by atoms with E-state index in [-0.39, 0.29) is 0 Å². The Kier molecular flexibility index (Phi) is 8.33. The normalized spacial score (nSPS) is 17.7. The number of nitrogens with one attached hydrogen (secondary N) is 1. The lowest BCUT2D eigenvalue weighted by atomic mass is 9.99. The fourth-order valence-corrected chi connectivity index (χ4v) is 7.04. The number of phenolic OH excluding ortho intramolecular Hbond substituents is 1. The molecule has 2 saturated heterocycles. The molecule has 204 valence electrons. The van der Waals surface area contributed by atoms with Crippen LogP contribution in [0.3, 0.4) is 0 Å². The van der Waals surface area contributed by atoms with E-state index in [9.17, 15) is 5.11 Å². The van der Waals surface area contributed by atoms with Gasteiger partial charge in [-0.25, -0.2) is 0 Å². The van der Waals surface area contributed by atoms with Gasteiger partial charge in [0, 0.05) is 22.2 Å². The summed E-state index contributed by atoms with van der Waals surface area (Å²) in [6, 6.07) is 23.3. The van der Waals surface area contributed by atoms with Crippen molar-refractivity contribution in [3.05, 3.63) is 77.9 Å². The average molecular weight is 543 g/mol. The fourth-order valence-electron chi connectivity index (χ4n) is 5.78. The van der Waals surface area contributed by atoms with Crippen LogP contribution in [0.25, 0.3) is 20.5 Å². The van der Waals surface area contributed by atoms with E-state index in [2.05, 4.69) is 58.7 Å². The minimum absolute atomic E-state index is 0.304. The molecule has 2 aliphatic rings. The summed E-state index contributed by atoms with van der Waals surface area (Å²) < 4.78 is 13.2. The predicted molar refractivity (Wildman–Crippen MR) is 160 cm³/mol. The lowest BCUT2D eigenvalue weighted by Gasteiger charge is -2.15. The Morgan fingerprint density at radius 1 is 0.872 bits per heavy atom. The van der Waals surface area contributed by atoms with Gasteiger partial charge in [0.1, 0.15) is 23.9 Å². The maximum absolute atomic E-state index is 10.1. The van der Waals surface area contributed by atoms with Gasteiger partial charge in [0.2, 0.25) is 0 Å². The molecule has 1 aromatic heterocycles. The van der Waals surface area contributed by atoms with Crippen LogP contribution in [0.2, 0.25) is 0 Å². The largest absolute Gasteiger partial charge is 0.508 e. The standard InChI is InChI=1S/C33H38N2O3S/c36-27-9-14-30-31(22-24-5-10-28(11-6-24)38-21-19-35-17-1-2-18-35)33(39-32(30)23-27)25-7-12-29(13-8-25)37-20-15-26-4-3-16-34-26/h5-14,23,26,34,36H,1-4,15-22H2. The third-order valence-electron chi connectivity index (χ3n) is 7.97. The molecule has 0 saturated carbocycles. The molecule has 3 aromatic carbocycles. The second-order valence-corrected chi connectivity index (χ2v) is 11.8. The number of phenols is 1. The second kappa shape index (κ2) is 12.4. The van der Waals surface area contributed by atoms with Gasteiger partial charge in [0.15, 0.2) is 0 Å². The van der Waals surface area contributed by atoms with E-state index in [1.807, 2.05) is 12.1 Å². The molecule has 0 aliphatic carbocycles. The number of aromatic hydroxyl groups is 1. The lowest BCUT2D eigenvalue weighted by Crippen LogP contribution is -2.25. The molecule has 0 amide bonds. The van der Waals surface area contributed by atoms with E-state index < -0.39 is 0 Å². The van der Waals surface area contributed by atoms with E-state index in [1.54, 1.807) is 17.4 Å². The molecule has 0 bridgehead atoms. The monoisotopic (exact) mass is 542 g/mol. The van der Waals surface area contributed by atoms with Crippen LogP contribution in [0.1, 0.15) is 43.2 Å². The molecule has 4 aromatic rings. The summed E-state index contributed by atoms with van der Waals surface area (Å²) in [6.07, 6.45) is 7.01. The number of thiophene rings is 1. The molecule has 6 heteroatoms. The Labute approximate surface area is 235 Å². The van der Waals surface area contributed by atoms with Crippen molar-refractivity contribution in [2.45, 2.75) is 44.6 Å². The summed E-state index contributed by atoms with van der Waals surface area (Å²) >= 11 is 1.74. The van der Waals surface area contributed by atoms with E-state index in [4.69, 9.17) is 9.47 Å². The van der Waals surface area contributed by atoms with Crippen LogP contribution in [-0.4, -0.2) is 55.4 Å². The van der Waals surface area contributed by atoms with Gasteiger partial charge in [-0.2, -0.15) is 0 Å². The van der Waals surface area contributed by atoms with Crippen LogP contribution < -0.4 is 14.8 Å². The zero-order chi connectivity index (χ0) is 26.4. The van der Waals surface area contributed by atoms with E-state index in [0.29, 0.717) is 11.8 Å². The summed E-state index contributed by atoms with van der Waals surface area (Å²) in [6.45, 7) is 6.00. The minimum atomic E-state index is 0.304. The van der Waals surface area contributed by atoms with E-state index >= 15 is 0 Å². The van der Waals surface area contributed by atoms with Crippen molar-refractivity contribution in [1.29, 1.82) is 0 Å². The first-order valence-corrected chi connectivity index (χ1v) is 15.2. The highest BCUT2D eigenvalue weighted by molar-refractivity contribution is 7.22. The van der Waals surface area contributed by atoms with Crippen molar-refractivity contribution in [2.75, 3.05) is 39.4 Å². The molecule has 2 N–H and O–H groups in total. The summed E-state index contributed by atoms with van der Waals surface area (Å²) in [5.41, 5.74) is 3.72.